The highest BCUT2D eigenvalue weighted by atomic mass is 35.5. The first kappa shape index (κ1) is 13.2. The van der Waals surface area contributed by atoms with E-state index in [0.717, 1.165) is 48.1 Å². The van der Waals surface area contributed by atoms with Gasteiger partial charge in [-0.15, -0.1) is 0 Å². The van der Waals surface area contributed by atoms with E-state index in [-0.39, 0.29) is 6.61 Å². The predicted molar refractivity (Wildman–Crippen MR) is 71.5 cm³/mol. The molecule has 0 bridgehead atoms. The number of hydrogen-bond donors (Lipinski definition) is 1. The van der Waals surface area contributed by atoms with E-state index in [2.05, 4.69) is 4.90 Å². The molecule has 1 atom stereocenters. The summed E-state index contributed by atoms with van der Waals surface area (Å²) in [4.78, 5) is 2.34. The minimum absolute atomic E-state index is 0.278. The Morgan fingerprint density at radius 1 is 1.35 bits per heavy atom. The van der Waals surface area contributed by atoms with Crippen LogP contribution in [-0.2, 0) is 6.54 Å². The molecule has 1 aliphatic rings. The SMILES string of the molecule is OC[C@@H]1CCCN(Cc2cc(Cl)ccc2Cl)C1. The zero-order chi connectivity index (χ0) is 12.3. The molecule has 1 aromatic rings. The van der Waals surface area contributed by atoms with Crippen molar-refractivity contribution < 1.29 is 5.11 Å². The molecule has 0 radical (unpaired) electrons. The van der Waals surface area contributed by atoms with Gasteiger partial charge in [0.1, 0.15) is 0 Å². The number of likely N-dealkylation sites (tertiary alicyclic amines) is 1. The van der Waals surface area contributed by atoms with E-state index in [1.165, 1.54) is 0 Å². The van der Waals surface area contributed by atoms with Crippen LogP contribution in [0.2, 0.25) is 10.0 Å². The molecule has 17 heavy (non-hydrogen) atoms. The summed E-state index contributed by atoms with van der Waals surface area (Å²) in [6.45, 7) is 3.11. The third-order valence-corrected chi connectivity index (χ3v) is 3.87. The molecule has 0 unspecified atom stereocenters. The average Bonchev–Trinajstić information content (AvgIpc) is 2.34. The number of hydrogen-bond acceptors (Lipinski definition) is 2. The normalized spacial score (nSPS) is 21.7. The summed E-state index contributed by atoms with van der Waals surface area (Å²) in [6, 6.07) is 5.57. The van der Waals surface area contributed by atoms with Gasteiger partial charge < -0.3 is 5.11 Å². The number of aliphatic hydroxyl groups is 1. The smallest absolute Gasteiger partial charge is 0.0471 e. The molecule has 1 aromatic carbocycles. The van der Waals surface area contributed by atoms with Crippen molar-refractivity contribution >= 4 is 23.2 Å². The summed E-state index contributed by atoms with van der Waals surface area (Å²) in [5, 5.41) is 10.7. The zero-order valence-electron chi connectivity index (χ0n) is 9.70. The number of piperidine rings is 1. The van der Waals surface area contributed by atoms with Crippen molar-refractivity contribution in [2.75, 3.05) is 19.7 Å². The number of nitrogens with zero attached hydrogens (tertiary/aromatic N) is 1. The molecule has 1 saturated heterocycles. The topological polar surface area (TPSA) is 23.5 Å². The molecule has 0 aromatic heterocycles. The molecule has 0 spiro atoms. The fourth-order valence-corrected chi connectivity index (χ4v) is 2.72. The molecular weight excluding hydrogens is 257 g/mol. The maximum atomic E-state index is 9.20. The van der Waals surface area contributed by atoms with Gasteiger partial charge in [0.2, 0.25) is 0 Å². The largest absolute Gasteiger partial charge is 0.396 e. The fourth-order valence-electron chi connectivity index (χ4n) is 2.35. The van der Waals surface area contributed by atoms with Crippen LogP contribution in [0.15, 0.2) is 18.2 Å². The average molecular weight is 274 g/mol. The minimum Gasteiger partial charge on any atom is -0.396 e. The van der Waals surface area contributed by atoms with Crippen molar-refractivity contribution in [3.8, 4) is 0 Å². The van der Waals surface area contributed by atoms with Gasteiger partial charge in [0, 0.05) is 29.7 Å². The standard InChI is InChI=1S/C13H17Cl2NO/c14-12-3-4-13(15)11(6-12)8-16-5-1-2-10(7-16)9-17/h3-4,6,10,17H,1-2,5,7-9H2/t10-/m1/s1. The van der Waals surface area contributed by atoms with Gasteiger partial charge in [0.25, 0.3) is 0 Å². The van der Waals surface area contributed by atoms with E-state index in [4.69, 9.17) is 23.2 Å². The molecule has 1 fully saturated rings. The molecule has 4 heteroatoms. The van der Waals surface area contributed by atoms with Crippen LogP contribution in [0.25, 0.3) is 0 Å². The molecule has 94 valence electrons. The Bertz CT molecular complexity index is 384. The van der Waals surface area contributed by atoms with Crippen molar-refractivity contribution in [1.29, 1.82) is 0 Å². The number of halogens is 2. The second-order valence-electron chi connectivity index (χ2n) is 4.66. The molecule has 0 saturated carbocycles. The lowest BCUT2D eigenvalue weighted by Gasteiger charge is -2.32. The van der Waals surface area contributed by atoms with Crippen LogP contribution < -0.4 is 0 Å². The molecule has 1 aliphatic heterocycles. The maximum Gasteiger partial charge on any atom is 0.0471 e. The lowest BCUT2D eigenvalue weighted by Crippen LogP contribution is -2.36. The fraction of sp³-hybridized carbons (Fsp3) is 0.538. The van der Waals surface area contributed by atoms with E-state index < -0.39 is 0 Å². The van der Waals surface area contributed by atoms with Crippen LogP contribution in [0.5, 0.6) is 0 Å². The van der Waals surface area contributed by atoms with E-state index in [1.807, 2.05) is 12.1 Å². The quantitative estimate of drug-likeness (QED) is 0.915. The molecular formula is C13H17Cl2NO. The minimum atomic E-state index is 0.278. The van der Waals surface area contributed by atoms with Crippen molar-refractivity contribution in [3.63, 3.8) is 0 Å². The first-order valence-electron chi connectivity index (χ1n) is 5.96. The summed E-state index contributed by atoms with van der Waals surface area (Å²) >= 11 is 12.1. The van der Waals surface area contributed by atoms with Crippen LogP contribution in [0.1, 0.15) is 18.4 Å². The second-order valence-corrected chi connectivity index (χ2v) is 5.51. The molecule has 0 aliphatic carbocycles. The predicted octanol–water partition coefficient (Wildman–Crippen LogP) is 3.20. The van der Waals surface area contributed by atoms with Crippen LogP contribution in [0, 0.1) is 5.92 Å². The van der Waals surface area contributed by atoms with Crippen molar-refractivity contribution in [3.05, 3.63) is 33.8 Å². The first-order valence-corrected chi connectivity index (χ1v) is 6.72. The Hall–Kier alpha value is -0.280. The number of benzene rings is 1. The van der Waals surface area contributed by atoms with Crippen molar-refractivity contribution in [2.24, 2.45) is 5.92 Å². The highest BCUT2D eigenvalue weighted by Crippen LogP contribution is 2.24. The summed E-state index contributed by atoms with van der Waals surface area (Å²) in [5.41, 5.74) is 1.07. The van der Waals surface area contributed by atoms with Crippen molar-refractivity contribution in [2.45, 2.75) is 19.4 Å². The summed E-state index contributed by atoms with van der Waals surface area (Å²) in [7, 11) is 0. The first-order chi connectivity index (χ1) is 8.19. The van der Waals surface area contributed by atoms with Gasteiger partial charge in [0.05, 0.1) is 0 Å². The summed E-state index contributed by atoms with van der Waals surface area (Å²) in [5.74, 6) is 0.404. The number of rotatable bonds is 3. The van der Waals surface area contributed by atoms with E-state index in [1.54, 1.807) is 6.07 Å². The molecule has 0 amide bonds. The summed E-state index contributed by atoms with van der Waals surface area (Å²) in [6.07, 6.45) is 2.26. The van der Waals surface area contributed by atoms with E-state index in [0.29, 0.717) is 5.92 Å². The Kier molecular flexibility index (Phi) is 4.69. The number of aliphatic hydroxyl groups excluding tert-OH is 1. The third-order valence-electron chi connectivity index (χ3n) is 3.26. The summed E-state index contributed by atoms with van der Waals surface area (Å²) < 4.78 is 0. The Morgan fingerprint density at radius 2 is 2.18 bits per heavy atom. The second kappa shape index (κ2) is 6.05. The van der Waals surface area contributed by atoms with Crippen LogP contribution in [0.3, 0.4) is 0 Å². The van der Waals surface area contributed by atoms with Gasteiger partial charge in [0.15, 0.2) is 0 Å². The Morgan fingerprint density at radius 3 is 2.94 bits per heavy atom. The van der Waals surface area contributed by atoms with Crippen LogP contribution >= 0.6 is 23.2 Å². The van der Waals surface area contributed by atoms with Gasteiger partial charge in [-0.1, -0.05) is 23.2 Å². The van der Waals surface area contributed by atoms with Crippen LogP contribution in [-0.4, -0.2) is 29.7 Å². The highest BCUT2D eigenvalue weighted by molar-refractivity contribution is 6.33. The Labute approximate surface area is 112 Å². The van der Waals surface area contributed by atoms with E-state index >= 15 is 0 Å². The Balaban J connectivity index is 2.02. The molecule has 1 N–H and O–H groups in total. The molecule has 2 rings (SSSR count). The van der Waals surface area contributed by atoms with Gasteiger partial charge in [-0.3, -0.25) is 4.90 Å². The van der Waals surface area contributed by atoms with Gasteiger partial charge in [-0.05, 0) is 49.1 Å². The zero-order valence-corrected chi connectivity index (χ0v) is 11.2. The lowest BCUT2D eigenvalue weighted by atomic mass is 9.98. The van der Waals surface area contributed by atoms with Gasteiger partial charge in [-0.25, -0.2) is 0 Å². The van der Waals surface area contributed by atoms with Crippen molar-refractivity contribution in [1.82, 2.24) is 4.90 Å². The van der Waals surface area contributed by atoms with E-state index in [9.17, 15) is 5.11 Å². The molecule has 1 heterocycles. The highest BCUT2D eigenvalue weighted by Gasteiger charge is 2.19. The van der Waals surface area contributed by atoms with Gasteiger partial charge in [-0.2, -0.15) is 0 Å². The lowest BCUT2D eigenvalue weighted by molar-refractivity contribution is 0.116. The third kappa shape index (κ3) is 3.59. The monoisotopic (exact) mass is 273 g/mol. The van der Waals surface area contributed by atoms with Crippen LogP contribution in [0.4, 0.5) is 0 Å². The van der Waals surface area contributed by atoms with Gasteiger partial charge >= 0.3 is 0 Å². The maximum absolute atomic E-state index is 9.20. The molecule has 2 nitrogen and oxygen atoms in total.